The first-order chi connectivity index (χ1) is 4.54. The third kappa shape index (κ3) is 23.6. The number of thiocarbonyl (C=S) groups is 2. The van der Waals surface area contributed by atoms with Gasteiger partial charge in [0.05, 0.1) is 0 Å². The van der Waals surface area contributed by atoms with Crippen LogP contribution in [0.5, 0.6) is 0 Å². The maximum atomic E-state index is 4.99. The molecule has 0 radical (unpaired) electrons. The van der Waals surface area contributed by atoms with Gasteiger partial charge in [0.15, 0.2) is 0 Å². The Bertz CT molecular complexity index is 99.8. The van der Waals surface area contributed by atoms with E-state index in [-0.39, 0.29) is 0 Å². The topological polar surface area (TPSA) is 52.0 Å². The Balaban J connectivity index is 0. The van der Waals surface area contributed by atoms with Crippen molar-refractivity contribution < 1.29 is 0 Å². The van der Waals surface area contributed by atoms with Gasteiger partial charge in [0.25, 0.3) is 0 Å². The maximum absolute atomic E-state index is 4.99. The van der Waals surface area contributed by atoms with Gasteiger partial charge in [-0.25, -0.2) is 0 Å². The molecule has 0 fully saturated rings. The normalized spacial score (nSPS) is 7.40. The SMILES string of the molecule is CSC(N)=S.CSC(N)=S. The highest BCUT2D eigenvalue weighted by Crippen LogP contribution is 1.86. The van der Waals surface area contributed by atoms with E-state index in [4.69, 9.17) is 11.5 Å². The minimum Gasteiger partial charge on any atom is -0.385 e. The molecule has 0 aromatic heterocycles. The fourth-order valence-electron chi connectivity index (χ4n) is 0. The van der Waals surface area contributed by atoms with Gasteiger partial charge < -0.3 is 11.5 Å². The summed E-state index contributed by atoms with van der Waals surface area (Å²) in [5, 5.41) is 0. The quantitative estimate of drug-likeness (QED) is 0.591. The van der Waals surface area contributed by atoms with Gasteiger partial charge in [-0.15, -0.1) is 23.5 Å². The summed E-state index contributed by atoms with van der Waals surface area (Å²) in [6, 6.07) is 0. The first-order valence-electron chi connectivity index (χ1n) is 2.21. The summed E-state index contributed by atoms with van der Waals surface area (Å²) in [7, 11) is 0. The molecule has 0 amide bonds. The second-order valence-corrected chi connectivity index (χ2v) is 4.14. The molecule has 0 spiro atoms. The molecule has 0 aromatic rings. The number of thioether (sulfide) groups is 2. The third-order valence-electron chi connectivity index (χ3n) is 0.402. The molecule has 0 heterocycles. The number of rotatable bonds is 0. The average Bonchev–Trinajstić information content (AvgIpc) is 1.89. The molecular weight excluding hydrogens is 204 g/mol. The average molecular weight is 214 g/mol. The van der Waals surface area contributed by atoms with Crippen molar-refractivity contribution in [2.45, 2.75) is 0 Å². The molecule has 0 atom stereocenters. The van der Waals surface area contributed by atoms with Gasteiger partial charge in [0.2, 0.25) is 0 Å². The van der Waals surface area contributed by atoms with Crippen molar-refractivity contribution in [1.29, 1.82) is 0 Å². The summed E-state index contributed by atoms with van der Waals surface area (Å²) in [6.45, 7) is 0. The van der Waals surface area contributed by atoms with Crippen molar-refractivity contribution in [1.82, 2.24) is 0 Å². The van der Waals surface area contributed by atoms with Crippen molar-refractivity contribution in [3.8, 4) is 0 Å². The second kappa shape index (κ2) is 9.48. The van der Waals surface area contributed by atoms with Crippen LogP contribution in [0.4, 0.5) is 0 Å². The first kappa shape index (κ1) is 13.1. The number of hydrogen-bond acceptors (Lipinski definition) is 4. The van der Waals surface area contributed by atoms with Gasteiger partial charge in [-0.1, -0.05) is 24.4 Å². The van der Waals surface area contributed by atoms with E-state index in [0.717, 1.165) is 0 Å². The Morgan fingerprint density at radius 3 is 1.10 bits per heavy atom. The molecule has 2 nitrogen and oxygen atoms in total. The highest BCUT2D eigenvalue weighted by Gasteiger charge is 1.71. The maximum Gasteiger partial charge on any atom is 0.130 e. The van der Waals surface area contributed by atoms with E-state index in [9.17, 15) is 0 Å². The summed E-state index contributed by atoms with van der Waals surface area (Å²) in [5.41, 5.74) is 9.97. The van der Waals surface area contributed by atoms with E-state index in [0.29, 0.717) is 8.64 Å². The van der Waals surface area contributed by atoms with Crippen LogP contribution in [0.3, 0.4) is 0 Å². The molecular formula is C4H10N2S4. The van der Waals surface area contributed by atoms with Gasteiger partial charge >= 0.3 is 0 Å². The Hall–Kier alpha value is 0.480. The smallest absolute Gasteiger partial charge is 0.130 e. The van der Waals surface area contributed by atoms with Crippen molar-refractivity contribution in [2.24, 2.45) is 11.5 Å². The highest BCUT2D eigenvalue weighted by molar-refractivity contribution is 8.22. The van der Waals surface area contributed by atoms with E-state index in [2.05, 4.69) is 24.4 Å². The largest absolute Gasteiger partial charge is 0.385 e. The van der Waals surface area contributed by atoms with Crippen LogP contribution in [-0.4, -0.2) is 21.2 Å². The van der Waals surface area contributed by atoms with Crippen LogP contribution in [0.25, 0.3) is 0 Å². The van der Waals surface area contributed by atoms with Gasteiger partial charge in [-0.3, -0.25) is 0 Å². The first-order valence-corrected chi connectivity index (χ1v) is 5.48. The monoisotopic (exact) mass is 214 g/mol. The molecule has 0 aliphatic carbocycles. The van der Waals surface area contributed by atoms with Gasteiger partial charge in [0, 0.05) is 0 Å². The molecule has 0 bridgehead atoms. The van der Waals surface area contributed by atoms with E-state index in [1.165, 1.54) is 23.5 Å². The zero-order valence-electron chi connectivity index (χ0n) is 5.79. The molecule has 60 valence electrons. The number of hydrogen-bond donors (Lipinski definition) is 2. The molecule has 10 heavy (non-hydrogen) atoms. The summed E-state index contributed by atoms with van der Waals surface area (Å²) in [5.74, 6) is 0. The van der Waals surface area contributed by atoms with Crippen molar-refractivity contribution in [3.05, 3.63) is 0 Å². The van der Waals surface area contributed by atoms with Crippen LogP contribution < -0.4 is 11.5 Å². The minimum absolute atomic E-state index is 0.505. The number of nitrogens with two attached hydrogens (primary N) is 2. The van der Waals surface area contributed by atoms with Gasteiger partial charge in [-0.05, 0) is 12.5 Å². The summed E-state index contributed by atoms with van der Waals surface area (Å²) >= 11 is 11.7. The van der Waals surface area contributed by atoms with Gasteiger partial charge in [-0.2, -0.15) is 0 Å². The summed E-state index contributed by atoms with van der Waals surface area (Å²) in [6.07, 6.45) is 3.70. The lowest BCUT2D eigenvalue weighted by atomic mass is 11.5. The predicted octanol–water partition coefficient (Wildman–Crippen LogP) is 1.19. The predicted molar refractivity (Wildman–Crippen MR) is 60.6 cm³/mol. The van der Waals surface area contributed by atoms with E-state index < -0.39 is 0 Å². The van der Waals surface area contributed by atoms with Crippen LogP contribution in [-0.2, 0) is 0 Å². The standard InChI is InChI=1S/2C2H5NS2/c2*1-5-2(3)4/h2*1H3,(H2,3,4). The molecule has 6 heteroatoms. The Kier molecular flexibility index (Phi) is 12.4. The fourth-order valence-corrected chi connectivity index (χ4v) is 0. The fraction of sp³-hybridized carbons (Fsp3) is 0.500. The highest BCUT2D eigenvalue weighted by atomic mass is 32.2. The van der Waals surface area contributed by atoms with E-state index in [1.54, 1.807) is 0 Å². The van der Waals surface area contributed by atoms with E-state index in [1.807, 2.05) is 12.5 Å². The molecule has 0 aliphatic heterocycles. The van der Waals surface area contributed by atoms with Crippen LogP contribution in [0.15, 0.2) is 0 Å². The lowest BCUT2D eigenvalue weighted by molar-refractivity contribution is 1.90. The zero-order valence-corrected chi connectivity index (χ0v) is 9.05. The van der Waals surface area contributed by atoms with Crippen molar-refractivity contribution >= 4 is 56.6 Å². The van der Waals surface area contributed by atoms with Crippen molar-refractivity contribution in [2.75, 3.05) is 12.5 Å². The lowest BCUT2D eigenvalue weighted by Crippen LogP contribution is -1.98. The van der Waals surface area contributed by atoms with Crippen LogP contribution in [0.1, 0.15) is 0 Å². The Morgan fingerprint density at radius 1 is 1.00 bits per heavy atom. The minimum atomic E-state index is 0.505. The van der Waals surface area contributed by atoms with Crippen LogP contribution >= 0.6 is 48.0 Å². The van der Waals surface area contributed by atoms with Crippen LogP contribution in [0, 0.1) is 0 Å². The molecule has 0 rings (SSSR count). The molecule has 0 unspecified atom stereocenters. The van der Waals surface area contributed by atoms with Crippen LogP contribution in [0.2, 0.25) is 0 Å². The third-order valence-corrected chi connectivity index (χ3v) is 2.21. The zero-order chi connectivity index (χ0) is 8.57. The molecule has 0 aromatic carbocycles. The summed E-state index contributed by atoms with van der Waals surface area (Å²) < 4.78 is 1.01. The Morgan fingerprint density at radius 2 is 1.10 bits per heavy atom. The summed E-state index contributed by atoms with van der Waals surface area (Å²) in [4.78, 5) is 0. The second-order valence-electron chi connectivity index (χ2n) is 1.05. The van der Waals surface area contributed by atoms with Gasteiger partial charge in [0.1, 0.15) is 8.64 Å². The van der Waals surface area contributed by atoms with Crippen molar-refractivity contribution in [3.63, 3.8) is 0 Å². The molecule has 0 saturated heterocycles. The Labute approximate surface area is 80.5 Å². The van der Waals surface area contributed by atoms with E-state index >= 15 is 0 Å². The lowest BCUT2D eigenvalue weighted by Gasteiger charge is -1.78. The molecule has 4 N–H and O–H groups in total. The molecule has 0 aliphatic rings. The molecule has 0 saturated carbocycles.